The van der Waals surface area contributed by atoms with Crippen LogP contribution < -0.4 is 9.30 Å². The fourth-order valence-electron chi connectivity index (χ4n) is 8.40. The summed E-state index contributed by atoms with van der Waals surface area (Å²) in [6.07, 6.45) is 5.65. The molecule has 298 valence electrons. The van der Waals surface area contributed by atoms with Crippen molar-refractivity contribution >= 4 is 54.8 Å². The van der Waals surface area contributed by atoms with Crippen LogP contribution in [0.2, 0.25) is 0 Å². The third kappa shape index (κ3) is 6.42. The topological polar surface area (TPSA) is 49.0 Å². The molecule has 0 aliphatic carbocycles. The van der Waals surface area contributed by atoms with E-state index in [1.807, 2.05) is 30.5 Å². The van der Waals surface area contributed by atoms with Crippen molar-refractivity contribution in [2.24, 2.45) is 0 Å². The minimum Gasteiger partial charge on any atom is -0.458 e. The van der Waals surface area contributed by atoms with E-state index in [0.717, 1.165) is 83.5 Å². The van der Waals surface area contributed by atoms with E-state index >= 15 is 0 Å². The van der Waals surface area contributed by atoms with Crippen LogP contribution in [-0.2, 0) is 16.2 Å². The van der Waals surface area contributed by atoms with Crippen molar-refractivity contribution in [3.8, 4) is 28.7 Å². The molecule has 4 heterocycles. The Labute approximate surface area is 351 Å². The van der Waals surface area contributed by atoms with Gasteiger partial charge in [0.1, 0.15) is 28.5 Å². The number of benzene rings is 6. The number of pyridine rings is 1. The molecular weight excluding hydrogens is 737 g/mol. The second kappa shape index (κ2) is 13.4. The molecule has 0 bridgehead atoms. The maximum absolute atomic E-state index is 6.76. The highest BCUT2D eigenvalue weighted by Crippen LogP contribution is 2.40. The Morgan fingerprint density at radius 3 is 2.00 bits per heavy atom. The van der Waals surface area contributed by atoms with Gasteiger partial charge in [-0.25, -0.2) is 4.98 Å². The van der Waals surface area contributed by atoms with Crippen molar-refractivity contribution in [3.63, 3.8) is 0 Å². The number of aromatic nitrogens is 4. The Morgan fingerprint density at radius 2 is 1.23 bits per heavy atom. The van der Waals surface area contributed by atoms with E-state index in [2.05, 4.69) is 192 Å². The van der Waals surface area contributed by atoms with Gasteiger partial charge >= 0.3 is 0 Å². The van der Waals surface area contributed by atoms with Gasteiger partial charge in [0.15, 0.2) is 0 Å². The van der Waals surface area contributed by atoms with Crippen molar-refractivity contribution in [2.75, 3.05) is 0 Å². The van der Waals surface area contributed by atoms with Crippen LogP contribution in [0.1, 0.15) is 79.0 Å². The van der Waals surface area contributed by atoms with Gasteiger partial charge in [-0.15, -0.1) is 0 Å². The van der Waals surface area contributed by atoms with Crippen LogP contribution in [0, 0.1) is 6.33 Å². The molecule has 0 saturated carbocycles. The van der Waals surface area contributed by atoms with Gasteiger partial charge in [0.05, 0.1) is 33.4 Å². The van der Waals surface area contributed by atoms with Gasteiger partial charge in [-0.1, -0.05) is 117 Å². The third-order valence-electron chi connectivity index (χ3n) is 11.9. The predicted octanol–water partition coefficient (Wildman–Crippen LogP) is 13.8. The summed E-state index contributed by atoms with van der Waals surface area (Å²) >= 11 is 0. The van der Waals surface area contributed by atoms with Gasteiger partial charge in [0, 0.05) is 33.8 Å². The van der Waals surface area contributed by atoms with Gasteiger partial charge in [-0.3, -0.25) is 13.7 Å². The standard InChI is InChI=1S/C54H50N4O2/c1-52(2,3)34-23-24-55-51(28-34)58-47-30-40(21-22-41(47)43-32-50-44(31-48(43)58)42-17-10-13-20-49(42)60-50)59-39-16-14-15-37(29-39)56-33-57(46-19-12-11-18-45(46)56)38-26-35(53(4,5)6)25-36(27-38)54(7,8)9/h10-32H,1-9H3. The zero-order valence-electron chi connectivity index (χ0n) is 35.9. The molecule has 6 nitrogen and oxygen atoms in total. The Balaban J connectivity index is 1.09. The summed E-state index contributed by atoms with van der Waals surface area (Å²) in [5.74, 6) is 2.32. The fraction of sp³-hybridized carbons (Fsp3) is 0.222. The lowest BCUT2D eigenvalue weighted by Gasteiger charge is -2.26. The number of nitrogens with zero attached hydrogens (tertiary/aromatic N) is 4. The number of furan rings is 1. The summed E-state index contributed by atoms with van der Waals surface area (Å²) in [6.45, 7) is 20.4. The van der Waals surface area contributed by atoms with E-state index in [1.165, 1.54) is 16.7 Å². The molecule has 0 saturated heterocycles. The average molecular weight is 787 g/mol. The summed E-state index contributed by atoms with van der Waals surface area (Å²) < 4.78 is 19.7. The van der Waals surface area contributed by atoms with E-state index in [0.29, 0.717) is 0 Å². The third-order valence-corrected chi connectivity index (χ3v) is 11.9. The van der Waals surface area contributed by atoms with Crippen LogP contribution in [0.25, 0.3) is 72.0 Å². The molecule has 60 heavy (non-hydrogen) atoms. The first-order chi connectivity index (χ1) is 28.6. The molecule has 0 N–H and O–H groups in total. The van der Waals surface area contributed by atoms with E-state index in [9.17, 15) is 0 Å². The summed E-state index contributed by atoms with van der Waals surface area (Å²) in [5, 5.41) is 4.37. The van der Waals surface area contributed by atoms with Gasteiger partial charge in [-0.2, -0.15) is 0 Å². The minimum atomic E-state index is -0.0443. The predicted molar refractivity (Wildman–Crippen MR) is 246 cm³/mol. The zero-order chi connectivity index (χ0) is 41.7. The number of para-hydroxylation sites is 3. The van der Waals surface area contributed by atoms with Crippen LogP contribution in [0.4, 0.5) is 0 Å². The minimum absolute atomic E-state index is 0.00827. The first-order valence-electron chi connectivity index (χ1n) is 20.9. The van der Waals surface area contributed by atoms with Crippen LogP contribution in [-0.4, -0.2) is 14.1 Å². The number of ether oxygens (including phenoxy) is 1. The summed E-state index contributed by atoms with van der Waals surface area (Å²) in [6, 6.07) is 47.1. The van der Waals surface area contributed by atoms with Gasteiger partial charge < -0.3 is 9.15 Å². The number of imidazole rings is 1. The van der Waals surface area contributed by atoms with Crippen molar-refractivity contribution in [2.45, 2.75) is 78.6 Å². The lowest BCUT2D eigenvalue weighted by Crippen LogP contribution is -2.31. The number of rotatable bonds is 5. The van der Waals surface area contributed by atoms with E-state index in [-0.39, 0.29) is 16.2 Å². The van der Waals surface area contributed by atoms with Gasteiger partial charge in [-0.05, 0) is 106 Å². The molecule has 0 fully saturated rings. The van der Waals surface area contributed by atoms with Crippen molar-refractivity contribution in [1.29, 1.82) is 0 Å². The van der Waals surface area contributed by atoms with Crippen LogP contribution >= 0.6 is 0 Å². The molecule has 0 atom stereocenters. The molecule has 0 aliphatic heterocycles. The molecule has 6 heteroatoms. The number of hydrogen-bond donors (Lipinski definition) is 0. The van der Waals surface area contributed by atoms with Crippen LogP contribution in [0.5, 0.6) is 11.5 Å². The quantitative estimate of drug-likeness (QED) is 0.129. The fourth-order valence-corrected chi connectivity index (χ4v) is 8.40. The highest BCUT2D eigenvalue weighted by Gasteiger charge is 2.24. The largest absolute Gasteiger partial charge is 0.458 e. The van der Waals surface area contributed by atoms with Gasteiger partial charge in [0.25, 0.3) is 6.33 Å². The Morgan fingerprint density at radius 1 is 0.533 bits per heavy atom. The average Bonchev–Trinajstić information content (AvgIpc) is 3.88. The molecule has 0 spiro atoms. The molecule has 4 aromatic heterocycles. The SMILES string of the molecule is CC(C)(C)c1cc(-[n+]2[c-]n(-c3cccc(Oc4ccc5c6cc7oc8ccccc8c7cc6n(-c6cc(C(C)(C)C)ccn6)c5c4)c3)c3ccccc32)cc(C(C)(C)C)c1. The lowest BCUT2D eigenvalue weighted by atomic mass is 9.80. The maximum Gasteiger partial charge on any atom is 0.269 e. The second-order valence-corrected chi connectivity index (χ2v) is 19.3. The molecule has 10 aromatic rings. The number of hydrogen-bond acceptors (Lipinski definition) is 3. The monoisotopic (exact) mass is 786 g/mol. The molecule has 0 radical (unpaired) electrons. The van der Waals surface area contributed by atoms with E-state index in [4.69, 9.17) is 14.1 Å². The van der Waals surface area contributed by atoms with Crippen LogP contribution in [0.15, 0.2) is 144 Å². The summed E-state index contributed by atoms with van der Waals surface area (Å²) in [4.78, 5) is 4.96. The first-order valence-corrected chi connectivity index (χ1v) is 20.9. The highest BCUT2D eigenvalue weighted by atomic mass is 16.5. The second-order valence-electron chi connectivity index (χ2n) is 19.3. The zero-order valence-corrected chi connectivity index (χ0v) is 35.9. The molecule has 0 amide bonds. The Bertz CT molecular complexity index is 3270. The molecule has 6 aromatic carbocycles. The Hall–Kier alpha value is -6.66. The summed E-state index contributed by atoms with van der Waals surface area (Å²) in [7, 11) is 0. The summed E-state index contributed by atoms with van der Waals surface area (Å²) in [5.41, 5.74) is 11.8. The molecular formula is C54H50N4O2. The first kappa shape index (κ1) is 37.6. The smallest absolute Gasteiger partial charge is 0.269 e. The number of fused-ring (bicyclic) bond motifs is 7. The molecule has 0 aliphatic rings. The lowest BCUT2D eigenvalue weighted by molar-refractivity contribution is -0.572. The maximum atomic E-state index is 6.76. The van der Waals surface area contributed by atoms with Crippen molar-refractivity contribution in [1.82, 2.24) is 14.1 Å². The van der Waals surface area contributed by atoms with E-state index < -0.39 is 0 Å². The van der Waals surface area contributed by atoms with E-state index in [1.54, 1.807) is 0 Å². The van der Waals surface area contributed by atoms with Crippen molar-refractivity contribution in [3.05, 3.63) is 163 Å². The molecule has 10 rings (SSSR count). The molecule has 0 unspecified atom stereocenters. The van der Waals surface area contributed by atoms with Gasteiger partial charge in [0.2, 0.25) is 0 Å². The Kier molecular flexibility index (Phi) is 8.42. The highest BCUT2D eigenvalue weighted by molar-refractivity contribution is 6.17. The van der Waals surface area contributed by atoms with Crippen LogP contribution in [0.3, 0.4) is 0 Å². The normalized spacial score (nSPS) is 12.8. The van der Waals surface area contributed by atoms with Crippen molar-refractivity contribution < 1.29 is 13.7 Å².